The molecule has 1 amide bonds. The smallest absolute Gasteiger partial charge is 0.352 e. The van der Waals surface area contributed by atoms with E-state index in [0.29, 0.717) is 23.7 Å². The Morgan fingerprint density at radius 2 is 2.00 bits per heavy atom. The molecule has 0 aliphatic heterocycles. The molecule has 1 heterocycles. The number of nitrogens with one attached hydrogen (secondary N) is 1. The van der Waals surface area contributed by atoms with Crippen LogP contribution < -0.4 is 10.1 Å². The van der Waals surface area contributed by atoms with Gasteiger partial charge in [0.25, 0.3) is 5.91 Å². The lowest BCUT2D eigenvalue weighted by atomic mass is 10.2. The van der Waals surface area contributed by atoms with E-state index in [2.05, 4.69) is 12.2 Å². The third kappa shape index (κ3) is 5.01. The van der Waals surface area contributed by atoms with Crippen LogP contribution in [0.3, 0.4) is 0 Å². The van der Waals surface area contributed by atoms with Gasteiger partial charge in [-0.1, -0.05) is 13.3 Å². The summed E-state index contributed by atoms with van der Waals surface area (Å²) >= 11 is 0. The number of carbonyl (C=O) groups is 2. The SMILES string of the molecule is CCCCOc1ccc(C(=O)N/C(=C\c2ccco2)C(=O)O)cc1. The fraction of sp³-hybridized carbons (Fsp3) is 0.222. The fourth-order valence-electron chi connectivity index (χ4n) is 1.90. The van der Waals surface area contributed by atoms with Crippen molar-refractivity contribution in [1.82, 2.24) is 5.32 Å². The number of carboxylic acid groups (broad SMARTS) is 1. The molecule has 1 aromatic carbocycles. The van der Waals surface area contributed by atoms with E-state index in [0.717, 1.165) is 12.8 Å². The monoisotopic (exact) mass is 329 g/mol. The molecule has 126 valence electrons. The second kappa shape index (κ2) is 8.57. The van der Waals surface area contributed by atoms with Crippen molar-refractivity contribution in [2.24, 2.45) is 0 Å². The molecule has 0 unspecified atom stereocenters. The molecular formula is C18H19NO5. The van der Waals surface area contributed by atoms with Crippen LogP contribution in [0.4, 0.5) is 0 Å². The zero-order valence-electron chi connectivity index (χ0n) is 13.3. The van der Waals surface area contributed by atoms with Gasteiger partial charge in [0, 0.05) is 11.6 Å². The summed E-state index contributed by atoms with van der Waals surface area (Å²) in [5.74, 6) is -0.758. The molecule has 6 nitrogen and oxygen atoms in total. The molecule has 0 fully saturated rings. The van der Waals surface area contributed by atoms with E-state index in [-0.39, 0.29) is 5.70 Å². The zero-order valence-corrected chi connectivity index (χ0v) is 13.3. The van der Waals surface area contributed by atoms with E-state index in [9.17, 15) is 14.7 Å². The standard InChI is InChI=1S/C18H19NO5/c1-2-3-10-23-14-8-6-13(7-9-14)17(20)19-16(18(21)22)12-15-5-4-11-24-15/h4-9,11-12H,2-3,10H2,1H3,(H,19,20)(H,21,22)/b16-12-. The summed E-state index contributed by atoms with van der Waals surface area (Å²) in [5.41, 5.74) is 0.0719. The molecule has 0 spiro atoms. The molecule has 0 saturated carbocycles. The molecule has 1 aromatic heterocycles. The number of amides is 1. The Morgan fingerprint density at radius 3 is 2.58 bits per heavy atom. The van der Waals surface area contributed by atoms with Crippen molar-refractivity contribution in [2.75, 3.05) is 6.61 Å². The summed E-state index contributed by atoms with van der Waals surface area (Å²) in [6.45, 7) is 2.70. The van der Waals surface area contributed by atoms with E-state index < -0.39 is 11.9 Å². The number of hydrogen-bond acceptors (Lipinski definition) is 4. The summed E-state index contributed by atoms with van der Waals surface area (Å²) < 4.78 is 10.6. The molecule has 0 atom stereocenters. The molecule has 0 radical (unpaired) electrons. The average Bonchev–Trinajstić information content (AvgIpc) is 3.08. The van der Waals surface area contributed by atoms with E-state index >= 15 is 0 Å². The highest BCUT2D eigenvalue weighted by Crippen LogP contribution is 2.13. The van der Waals surface area contributed by atoms with Crippen molar-refractivity contribution in [2.45, 2.75) is 19.8 Å². The molecule has 0 aliphatic carbocycles. The highest BCUT2D eigenvalue weighted by atomic mass is 16.5. The Labute approximate surface area is 139 Å². The molecule has 0 saturated heterocycles. The van der Waals surface area contributed by atoms with Crippen LogP contribution in [0.2, 0.25) is 0 Å². The van der Waals surface area contributed by atoms with Crippen molar-refractivity contribution in [3.05, 3.63) is 59.7 Å². The van der Waals surface area contributed by atoms with Crippen molar-refractivity contribution in [3.8, 4) is 5.75 Å². The van der Waals surface area contributed by atoms with E-state index in [1.54, 1.807) is 36.4 Å². The van der Waals surface area contributed by atoms with Crippen molar-refractivity contribution < 1.29 is 23.8 Å². The predicted octanol–water partition coefficient (Wildman–Crippen LogP) is 3.31. The highest BCUT2D eigenvalue weighted by molar-refractivity contribution is 6.02. The quantitative estimate of drug-likeness (QED) is 0.573. The summed E-state index contributed by atoms with van der Waals surface area (Å²) in [5, 5.41) is 11.6. The lowest BCUT2D eigenvalue weighted by molar-refractivity contribution is -0.132. The summed E-state index contributed by atoms with van der Waals surface area (Å²) in [4.78, 5) is 23.4. The predicted molar refractivity (Wildman–Crippen MR) is 88.6 cm³/mol. The molecule has 0 aliphatic rings. The Kier molecular flexibility index (Phi) is 6.19. The van der Waals surface area contributed by atoms with Gasteiger partial charge in [-0.25, -0.2) is 4.79 Å². The number of carbonyl (C=O) groups excluding carboxylic acids is 1. The second-order valence-electron chi connectivity index (χ2n) is 5.06. The van der Waals surface area contributed by atoms with Crippen LogP contribution in [0.1, 0.15) is 35.9 Å². The van der Waals surface area contributed by atoms with Gasteiger partial charge in [0.2, 0.25) is 0 Å². The third-order valence-corrected chi connectivity index (χ3v) is 3.19. The largest absolute Gasteiger partial charge is 0.494 e. The van der Waals surface area contributed by atoms with Crippen LogP contribution in [-0.2, 0) is 4.79 Å². The summed E-state index contributed by atoms with van der Waals surface area (Å²) in [6.07, 6.45) is 4.68. The van der Waals surface area contributed by atoms with Crippen LogP contribution >= 0.6 is 0 Å². The van der Waals surface area contributed by atoms with Crippen LogP contribution in [-0.4, -0.2) is 23.6 Å². The van der Waals surface area contributed by atoms with Gasteiger partial charge in [0.05, 0.1) is 12.9 Å². The first-order chi connectivity index (χ1) is 11.6. The second-order valence-corrected chi connectivity index (χ2v) is 5.06. The maximum Gasteiger partial charge on any atom is 0.352 e. The molecular weight excluding hydrogens is 310 g/mol. The average molecular weight is 329 g/mol. The first-order valence-corrected chi connectivity index (χ1v) is 7.63. The third-order valence-electron chi connectivity index (χ3n) is 3.19. The fourth-order valence-corrected chi connectivity index (χ4v) is 1.90. The number of aliphatic carboxylic acids is 1. The number of ether oxygens (including phenoxy) is 1. The first kappa shape index (κ1) is 17.3. The Hall–Kier alpha value is -3.02. The maximum atomic E-state index is 12.2. The van der Waals surface area contributed by atoms with Gasteiger partial charge in [-0.3, -0.25) is 4.79 Å². The van der Waals surface area contributed by atoms with Crippen molar-refractivity contribution in [1.29, 1.82) is 0 Å². The van der Waals surface area contributed by atoms with Gasteiger partial charge in [-0.2, -0.15) is 0 Å². The maximum absolute atomic E-state index is 12.2. The van der Waals surface area contributed by atoms with Gasteiger partial charge in [-0.15, -0.1) is 0 Å². The minimum absolute atomic E-state index is 0.266. The van der Waals surface area contributed by atoms with Crippen LogP contribution in [0.25, 0.3) is 6.08 Å². The molecule has 2 aromatic rings. The van der Waals surface area contributed by atoms with Gasteiger partial charge in [-0.05, 0) is 42.8 Å². The summed E-state index contributed by atoms with van der Waals surface area (Å²) in [6, 6.07) is 9.76. The molecule has 2 N–H and O–H groups in total. The first-order valence-electron chi connectivity index (χ1n) is 7.63. The highest BCUT2D eigenvalue weighted by Gasteiger charge is 2.14. The zero-order chi connectivity index (χ0) is 17.4. The number of hydrogen-bond donors (Lipinski definition) is 2. The van der Waals surface area contributed by atoms with Gasteiger partial charge in [0.15, 0.2) is 0 Å². The minimum atomic E-state index is -1.25. The molecule has 0 bridgehead atoms. The van der Waals surface area contributed by atoms with E-state index in [1.807, 2.05) is 0 Å². The van der Waals surface area contributed by atoms with Crippen LogP contribution in [0, 0.1) is 0 Å². The van der Waals surface area contributed by atoms with Gasteiger partial charge in [0.1, 0.15) is 17.2 Å². The Bertz CT molecular complexity index is 702. The number of furan rings is 1. The number of benzene rings is 1. The molecule has 24 heavy (non-hydrogen) atoms. The van der Waals surface area contributed by atoms with Crippen molar-refractivity contribution in [3.63, 3.8) is 0 Å². The normalized spacial score (nSPS) is 11.1. The topological polar surface area (TPSA) is 88.8 Å². The minimum Gasteiger partial charge on any atom is -0.494 e. The van der Waals surface area contributed by atoms with Crippen LogP contribution in [0.5, 0.6) is 5.75 Å². The number of rotatable bonds is 8. The Morgan fingerprint density at radius 1 is 1.25 bits per heavy atom. The van der Waals surface area contributed by atoms with Gasteiger partial charge >= 0.3 is 5.97 Å². The Balaban J connectivity index is 2.03. The van der Waals surface area contributed by atoms with E-state index in [1.165, 1.54) is 12.3 Å². The lowest BCUT2D eigenvalue weighted by Gasteiger charge is -2.08. The number of unbranched alkanes of at least 4 members (excludes halogenated alkanes) is 1. The van der Waals surface area contributed by atoms with Crippen molar-refractivity contribution >= 4 is 18.0 Å². The molecule has 2 rings (SSSR count). The summed E-state index contributed by atoms with van der Waals surface area (Å²) in [7, 11) is 0. The molecule has 6 heteroatoms. The number of carboxylic acids is 1. The van der Waals surface area contributed by atoms with Crippen LogP contribution in [0.15, 0.2) is 52.8 Å². The lowest BCUT2D eigenvalue weighted by Crippen LogP contribution is -2.27. The van der Waals surface area contributed by atoms with E-state index in [4.69, 9.17) is 9.15 Å². The van der Waals surface area contributed by atoms with Gasteiger partial charge < -0.3 is 19.6 Å².